The summed E-state index contributed by atoms with van der Waals surface area (Å²) in [4.78, 5) is 0. The number of hydrogen-bond acceptors (Lipinski definition) is 7. The number of benzene rings is 4. The first-order valence-corrected chi connectivity index (χ1v) is 16.6. The van der Waals surface area contributed by atoms with Gasteiger partial charge in [0.25, 0.3) is 0 Å². The van der Waals surface area contributed by atoms with Crippen LogP contribution in [0.15, 0.2) is 90.9 Å². The number of nitriles is 2. The van der Waals surface area contributed by atoms with Crippen molar-refractivity contribution in [2.45, 2.75) is 50.2 Å². The maximum absolute atomic E-state index is 13.3. The largest absolute Gasteiger partial charge is 0.511 e. The first-order chi connectivity index (χ1) is 24.8. The Bertz CT molecular complexity index is 2360. The van der Waals surface area contributed by atoms with Gasteiger partial charge in [-0.3, -0.25) is 0 Å². The van der Waals surface area contributed by atoms with Crippen LogP contribution in [0.5, 0.6) is 0 Å². The molecular weight excluding hydrogens is 650 g/mol. The van der Waals surface area contributed by atoms with Crippen LogP contribution < -0.4 is 0 Å². The normalized spacial score (nSPS) is 16.6. The Morgan fingerprint density at radius 3 is 1.86 bits per heavy atom. The molecule has 0 saturated carbocycles. The van der Waals surface area contributed by atoms with Crippen LogP contribution in [0.2, 0.25) is 0 Å². The maximum atomic E-state index is 13.3. The van der Waals surface area contributed by atoms with Crippen molar-refractivity contribution in [1.29, 1.82) is 10.5 Å². The highest BCUT2D eigenvalue weighted by molar-refractivity contribution is 5.90. The molecule has 0 spiro atoms. The van der Waals surface area contributed by atoms with Gasteiger partial charge in [-0.05, 0) is 121 Å². The SMILES string of the molecule is COC1(OC)CCCc2cc3c(cnn3-c3ccc(F)cc3)cc2C1C#N.N#CC1=C(O)CCCc2cc3c(cnn3-c3ccc(F)cc3)cc21. The summed E-state index contributed by atoms with van der Waals surface area (Å²) in [6.45, 7) is 0. The van der Waals surface area contributed by atoms with Crippen LogP contribution in [0.3, 0.4) is 0 Å². The van der Waals surface area contributed by atoms with E-state index in [0.717, 1.165) is 81.1 Å². The van der Waals surface area contributed by atoms with Crippen molar-refractivity contribution in [3.63, 3.8) is 0 Å². The zero-order valence-corrected chi connectivity index (χ0v) is 28.1. The molecule has 2 aliphatic carbocycles. The van der Waals surface area contributed by atoms with E-state index in [2.05, 4.69) is 28.4 Å². The summed E-state index contributed by atoms with van der Waals surface area (Å²) in [6.07, 6.45) is 7.89. The summed E-state index contributed by atoms with van der Waals surface area (Å²) in [5, 5.41) is 40.0. The van der Waals surface area contributed by atoms with E-state index in [1.807, 2.05) is 18.2 Å². The molecule has 2 aromatic heterocycles. The Morgan fingerprint density at radius 2 is 1.31 bits per heavy atom. The van der Waals surface area contributed by atoms with Crippen LogP contribution in [0, 0.1) is 34.3 Å². The molecule has 2 aliphatic rings. The fraction of sp³-hybridized carbons (Fsp3) is 0.250. The molecule has 0 bridgehead atoms. The lowest BCUT2D eigenvalue weighted by Gasteiger charge is -2.34. The maximum Gasteiger partial charge on any atom is 0.187 e. The summed E-state index contributed by atoms with van der Waals surface area (Å²) >= 11 is 0. The number of aliphatic hydroxyl groups excluding tert-OH is 1. The van der Waals surface area contributed by atoms with E-state index in [1.54, 1.807) is 60.2 Å². The third kappa shape index (κ3) is 6.12. The van der Waals surface area contributed by atoms with Crippen molar-refractivity contribution < 1.29 is 23.4 Å². The lowest BCUT2D eigenvalue weighted by molar-refractivity contribution is -0.216. The average Bonchev–Trinajstić information content (AvgIpc) is 3.66. The van der Waals surface area contributed by atoms with E-state index in [9.17, 15) is 24.4 Å². The minimum absolute atomic E-state index is 0.154. The Balaban J connectivity index is 0.000000160. The van der Waals surface area contributed by atoms with Crippen LogP contribution in [0.4, 0.5) is 8.78 Å². The van der Waals surface area contributed by atoms with E-state index in [-0.39, 0.29) is 17.4 Å². The minimum Gasteiger partial charge on any atom is -0.511 e. The molecule has 4 aromatic carbocycles. The molecule has 0 amide bonds. The van der Waals surface area contributed by atoms with E-state index in [1.165, 1.54) is 24.3 Å². The van der Waals surface area contributed by atoms with Gasteiger partial charge in [0.05, 0.1) is 46.4 Å². The fourth-order valence-corrected chi connectivity index (χ4v) is 7.20. The second kappa shape index (κ2) is 13.8. The lowest BCUT2D eigenvalue weighted by atomic mass is 9.88. The number of fused-ring (bicyclic) bond motifs is 4. The molecule has 6 aromatic rings. The average molecular weight is 685 g/mol. The predicted molar refractivity (Wildman–Crippen MR) is 188 cm³/mol. The highest BCUT2D eigenvalue weighted by Crippen LogP contribution is 2.42. The molecule has 1 atom stereocenters. The monoisotopic (exact) mass is 684 g/mol. The molecule has 0 fully saturated rings. The number of aliphatic hydroxyl groups is 1. The molecule has 51 heavy (non-hydrogen) atoms. The van der Waals surface area contributed by atoms with Gasteiger partial charge in [0.2, 0.25) is 0 Å². The van der Waals surface area contributed by atoms with Crippen LogP contribution >= 0.6 is 0 Å². The van der Waals surface area contributed by atoms with Gasteiger partial charge in [-0.25, -0.2) is 18.1 Å². The first-order valence-electron chi connectivity index (χ1n) is 16.6. The van der Waals surface area contributed by atoms with Crippen molar-refractivity contribution in [1.82, 2.24) is 19.6 Å². The number of aryl methyl sites for hydroxylation is 2. The molecule has 9 nitrogen and oxygen atoms in total. The van der Waals surface area contributed by atoms with Gasteiger partial charge in [0, 0.05) is 37.8 Å². The second-order valence-corrected chi connectivity index (χ2v) is 12.7. The first kappa shape index (κ1) is 33.6. The molecule has 11 heteroatoms. The Kier molecular flexibility index (Phi) is 9.09. The van der Waals surface area contributed by atoms with Crippen LogP contribution in [-0.2, 0) is 22.3 Å². The van der Waals surface area contributed by atoms with Crippen molar-refractivity contribution in [3.8, 4) is 23.5 Å². The van der Waals surface area contributed by atoms with E-state index in [0.29, 0.717) is 18.4 Å². The molecule has 1 N–H and O–H groups in total. The zero-order chi connectivity index (χ0) is 35.7. The Hall–Kier alpha value is -5.88. The summed E-state index contributed by atoms with van der Waals surface area (Å²) in [5.74, 6) is -1.88. The van der Waals surface area contributed by atoms with Gasteiger partial charge in [-0.15, -0.1) is 0 Å². The lowest BCUT2D eigenvalue weighted by Crippen LogP contribution is -2.39. The third-order valence-corrected chi connectivity index (χ3v) is 9.84. The van der Waals surface area contributed by atoms with Crippen LogP contribution in [0.25, 0.3) is 38.8 Å². The molecule has 0 saturated heterocycles. The third-order valence-electron chi connectivity index (χ3n) is 9.84. The summed E-state index contributed by atoms with van der Waals surface area (Å²) < 4.78 is 41.3. The number of ether oxygens (including phenoxy) is 2. The summed E-state index contributed by atoms with van der Waals surface area (Å²) in [6, 6.07) is 24.9. The predicted octanol–water partition coefficient (Wildman–Crippen LogP) is 8.39. The molecule has 256 valence electrons. The molecular formula is C40H34F2N6O3. The summed E-state index contributed by atoms with van der Waals surface area (Å²) in [7, 11) is 3.17. The second-order valence-electron chi connectivity index (χ2n) is 12.7. The van der Waals surface area contributed by atoms with Crippen molar-refractivity contribution in [3.05, 3.63) is 125 Å². The molecule has 1 unspecified atom stereocenters. The number of aromatic nitrogens is 4. The van der Waals surface area contributed by atoms with Crippen molar-refractivity contribution in [2.75, 3.05) is 14.2 Å². The zero-order valence-electron chi connectivity index (χ0n) is 28.1. The number of hydrogen-bond donors (Lipinski definition) is 1. The smallest absolute Gasteiger partial charge is 0.187 e. The van der Waals surface area contributed by atoms with Gasteiger partial charge in [-0.1, -0.05) is 0 Å². The Morgan fingerprint density at radius 1 is 0.765 bits per heavy atom. The van der Waals surface area contributed by atoms with Crippen molar-refractivity contribution >= 4 is 27.4 Å². The van der Waals surface area contributed by atoms with Gasteiger partial charge in [0.15, 0.2) is 5.79 Å². The molecule has 0 radical (unpaired) electrons. The standard InChI is InChI=1S/C21H20FN3O2.C19H14FN3O/c1-26-21(27-2)9-3-4-14-11-20-15(10-18(14)19(21)12-23)13-24-25(20)17-7-5-16(22)6-8-17;20-14-4-6-15(7-5-14)23-18-9-12-2-1-3-19(24)17(10-21)16(12)8-13(18)11-22-23/h5-8,10-11,13,19H,3-4,9H2,1-2H3;4-9,11,24H,1-3H2. The van der Waals surface area contributed by atoms with Gasteiger partial charge in [0.1, 0.15) is 29.4 Å². The number of nitrogens with zero attached hydrogens (tertiary/aromatic N) is 6. The number of allylic oxidation sites excluding steroid dienone is 2. The van der Waals surface area contributed by atoms with E-state index < -0.39 is 11.7 Å². The number of methoxy groups -OCH3 is 2. The van der Waals surface area contributed by atoms with Gasteiger partial charge >= 0.3 is 0 Å². The molecule has 8 rings (SSSR count). The molecule has 0 aliphatic heterocycles. The van der Waals surface area contributed by atoms with Gasteiger partial charge in [-0.2, -0.15) is 20.7 Å². The van der Waals surface area contributed by atoms with Gasteiger partial charge < -0.3 is 14.6 Å². The number of rotatable bonds is 4. The quantitative estimate of drug-likeness (QED) is 0.146. The van der Waals surface area contributed by atoms with Crippen LogP contribution in [0.1, 0.15) is 53.9 Å². The summed E-state index contributed by atoms with van der Waals surface area (Å²) in [5.41, 5.74) is 7.56. The number of halogens is 2. The van der Waals surface area contributed by atoms with E-state index >= 15 is 0 Å². The topological polar surface area (TPSA) is 122 Å². The minimum atomic E-state index is -0.944. The fourth-order valence-electron chi connectivity index (χ4n) is 7.20. The van der Waals surface area contributed by atoms with Crippen LogP contribution in [-0.4, -0.2) is 44.7 Å². The van der Waals surface area contributed by atoms with Crippen molar-refractivity contribution in [2.24, 2.45) is 0 Å². The Labute approximate surface area is 293 Å². The van der Waals surface area contributed by atoms with E-state index in [4.69, 9.17) is 9.47 Å². The molecule has 2 heterocycles. The highest BCUT2D eigenvalue weighted by Gasteiger charge is 2.43. The highest BCUT2D eigenvalue weighted by atomic mass is 19.1.